The van der Waals surface area contributed by atoms with Crippen LogP contribution in [0, 0.1) is 0 Å². The van der Waals surface area contributed by atoms with E-state index in [2.05, 4.69) is 10.0 Å². The van der Waals surface area contributed by atoms with Crippen molar-refractivity contribution < 1.29 is 13.2 Å². The number of nitrogens with one attached hydrogen (secondary N) is 2. The summed E-state index contributed by atoms with van der Waals surface area (Å²) in [7, 11) is -3.66. The zero-order valence-corrected chi connectivity index (χ0v) is 16.3. The smallest absolute Gasteiger partial charge is 0.261 e. The van der Waals surface area contributed by atoms with Gasteiger partial charge in [-0.1, -0.05) is 55.5 Å². The van der Waals surface area contributed by atoms with E-state index in [-0.39, 0.29) is 16.8 Å². The number of anilines is 1. The Kier molecular flexibility index (Phi) is 6.11. The van der Waals surface area contributed by atoms with Crippen LogP contribution in [0.4, 0.5) is 5.69 Å². The lowest BCUT2D eigenvalue weighted by Gasteiger charge is -2.17. The van der Waals surface area contributed by atoms with Crippen molar-refractivity contribution in [1.82, 2.24) is 5.32 Å². The second-order valence-corrected chi connectivity index (χ2v) is 8.02. The van der Waals surface area contributed by atoms with Crippen LogP contribution >= 0.6 is 0 Å². The van der Waals surface area contributed by atoms with Crippen molar-refractivity contribution in [3.8, 4) is 0 Å². The summed E-state index contributed by atoms with van der Waals surface area (Å²) in [6.45, 7) is 2.01. The van der Waals surface area contributed by atoms with Gasteiger partial charge in [0.1, 0.15) is 0 Å². The first-order chi connectivity index (χ1) is 13.5. The van der Waals surface area contributed by atoms with E-state index >= 15 is 0 Å². The second-order valence-electron chi connectivity index (χ2n) is 6.34. The second kappa shape index (κ2) is 8.71. The van der Waals surface area contributed by atoms with E-state index in [1.54, 1.807) is 42.5 Å². The molecule has 0 aliphatic heterocycles. The van der Waals surface area contributed by atoms with E-state index in [0.717, 1.165) is 12.0 Å². The van der Waals surface area contributed by atoms with Gasteiger partial charge in [-0.25, -0.2) is 8.42 Å². The van der Waals surface area contributed by atoms with E-state index in [0.29, 0.717) is 11.3 Å². The predicted molar refractivity (Wildman–Crippen MR) is 111 cm³/mol. The molecule has 0 heterocycles. The molecule has 0 aliphatic carbocycles. The van der Waals surface area contributed by atoms with Gasteiger partial charge in [0, 0.05) is 11.3 Å². The van der Waals surface area contributed by atoms with Crippen LogP contribution in [0.15, 0.2) is 89.8 Å². The first-order valence-electron chi connectivity index (χ1n) is 9.03. The number of amides is 1. The molecular formula is C22H22N2O3S. The summed E-state index contributed by atoms with van der Waals surface area (Å²) in [6.07, 6.45) is 0.769. The van der Waals surface area contributed by atoms with E-state index in [4.69, 9.17) is 0 Å². The minimum atomic E-state index is -3.66. The molecule has 0 unspecified atom stereocenters. The molecule has 0 radical (unpaired) electrons. The molecule has 28 heavy (non-hydrogen) atoms. The fourth-order valence-corrected chi connectivity index (χ4v) is 3.93. The minimum absolute atomic E-state index is 0.0787. The number of hydrogen-bond donors (Lipinski definition) is 2. The van der Waals surface area contributed by atoms with Crippen molar-refractivity contribution in [3.63, 3.8) is 0 Å². The Morgan fingerprint density at radius 1 is 0.857 bits per heavy atom. The van der Waals surface area contributed by atoms with E-state index in [1.807, 2.05) is 37.3 Å². The Morgan fingerprint density at radius 3 is 2.00 bits per heavy atom. The van der Waals surface area contributed by atoms with Crippen LogP contribution in [0.5, 0.6) is 0 Å². The standard InChI is InChI=1S/C22H22N2O3S/c1-2-21(17-9-5-3-6-10-17)23-22(25)18-13-15-19(16-14-18)24-28(26,27)20-11-7-4-8-12-20/h3-16,21,24H,2H2,1H3,(H,23,25)/t21-/m1/s1. The zero-order chi connectivity index (χ0) is 20.0. The number of hydrogen-bond acceptors (Lipinski definition) is 3. The van der Waals surface area contributed by atoms with Crippen LogP contribution in [-0.4, -0.2) is 14.3 Å². The molecule has 0 saturated heterocycles. The van der Waals surface area contributed by atoms with Gasteiger partial charge < -0.3 is 5.32 Å². The Bertz CT molecular complexity index is 1020. The molecule has 6 heteroatoms. The van der Waals surface area contributed by atoms with Gasteiger partial charge in [-0.05, 0) is 48.4 Å². The summed E-state index contributed by atoms with van der Waals surface area (Å²) < 4.78 is 27.3. The van der Waals surface area contributed by atoms with E-state index in [9.17, 15) is 13.2 Å². The highest BCUT2D eigenvalue weighted by molar-refractivity contribution is 7.92. The molecule has 5 nitrogen and oxygen atoms in total. The van der Waals surface area contributed by atoms with Crippen LogP contribution in [0.25, 0.3) is 0 Å². The van der Waals surface area contributed by atoms with Gasteiger partial charge in [0.15, 0.2) is 0 Å². The third kappa shape index (κ3) is 4.78. The molecule has 0 saturated carbocycles. The summed E-state index contributed by atoms with van der Waals surface area (Å²) in [6, 6.07) is 24.2. The Balaban J connectivity index is 1.69. The van der Waals surface area contributed by atoms with Gasteiger partial charge >= 0.3 is 0 Å². The fourth-order valence-electron chi connectivity index (χ4n) is 2.85. The van der Waals surface area contributed by atoms with Crippen LogP contribution in [-0.2, 0) is 10.0 Å². The molecule has 0 spiro atoms. The molecule has 144 valence electrons. The topological polar surface area (TPSA) is 75.3 Å². The molecule has 3 rings (SSSR count). The lowest BCUT2D eigenvalue weighted by atomic mass is 10.0. The normalized spacial score (nSPS) is 12.2. The van der Waals surface area contributed by atoms with E-state index in [1.165, 1.54) is 12.1 Å². The maximum atomic E-state index is 12.6. The monoisotopic (exact) mass is 394 g/mol. The third-order valence-electron chi connectivity index (χ3n) is 4.37. The van der Waals surface area contributed by atoms with Gasteiger partial charge in [-0.2, -0.15) is 0 Å². The number of carbonyl (C=O) groups excluding carboxylic acids is 1. The van der Waals surface area contributed by atoms with Crippen molar-refractivity contribution in [3.05, 3.63) is 96.1 Å². The van der Waals surface area contributed by atoms with Crippen molar-refractivity contribution in [1.29, 1.82) is 0 Å². The molecule has 0 fully saturated rings. The predicted octanol–water partition coefficient (Wildman–Crippen LogP) is 4.37. The summed E-state index contributed by atoms with van der Waals surface area (Å²) in [5.74, 6) is -0.201. The summed E-state index contributed by atoms with van der Waals surface area (Å²) in [5, 5.41) is 3.02. The number of sulfonamides is 1. The van der Waals surface area contributed by atoms with Crippen molar-refractivity contribution >= 4 is 21.6 Å². The summed E-state index contributed by atoms with van der Waals surface area (Å²) in [4.78, 5) is 12.7. The fraction of sp³-hybridized carbons (Fsp3) is 0.136. The average Bonchev–Trinajstić information content (AvgIpc) is 2.73. The van der Waals surface area contributed by atoms with Gasteiger partial charge in [0.25, 0.3) is 15.9 Å². The Hall–Kier alpha value is -3.12. The summed E-state index contributed by atoms with van der Waals surface area (Å²) >= 11 is 0. The highest BCUT2D eigenvalue weighted by Crippen LogP contribution is 2.19. The third-order valence-corrected chi connectivity index (χ3v) is 5.77. The molecule has 3 aromatic carbocycles. The lowest BCUT2D eigenvalue weighted by molar-refractivity contribution is 0.0935. The maximum Gasteiger partial charge on any atom is 0.261 e. The maximum absolute atomic E-state index is 12.6. The molecule has 1 atom stereocenters. The van der Waals surface area contributed by atoms with Gasteiger partial charge in [0.05, 0.1) is 10.9 Å². The molecule has 1 amide bonds. The SMILES string of the molecule is CC[C@@H](NC(=O)c1ccc(NS(=O)(=O)c2ccccc2)cc1)c1ccccc1. The summed E-state index contributed by atoms with van der Waals surface area (Å²) in [5.41, 5.74) is 1.91. The first-order valence-corrected chi connectivity index (χ1v) is 10.5. The average molecular weight is 394 g/mol. The van der Waals surface area contributed by atoms with Gasteiger partial charge in [-0.15, -0.1) is 0 Å². The van der Waals surface area contributed by atoms with Crippen LogP contribution in [0.3, 0.4) is 0 Å². The van der Waals surface area contributed by atoms with Crippen molar-refractivity contribution in [2.75, 3.05) is 4.72 Å². The van der Waals surface area contributed by atoms with Crippen molar-refractivity contribution in [2.24, 2.45) is 0 Å². The number of carbonyl (C=O) groups is 1. The molecule has 0 aromatic heterocycles. The van der Waals surface area contributed by atoms with Gasteiger partial charge in [-0.3, -0.25) is 9.52 Å². The largest absolute Gasteiger partial charge is 0.345 e. The van der Waals surface area contributed by atoms with E-state index < -0.39 is 10.0 Å². The Labute approximate surface area is 165 Å². The zero-order valence-electron chi connectivity index (χ0n) is 15.5. The highest BCUT2D eigenvalue weighted by atomic mass is 32.2. The quantitative estimate of drug-likeness (QED) is 0.625. The van der Waals surface area contributed by atoms with Crippen LogP contribution in [0.2, 0.25) is 0 Å². The lowest BCUT2D eigenvalue weighted by Crippen LogP contribution is -2.28. The molecular weight excluding hydrogens is 372 g/mol. The first kappa shape index (κ1) is 19.6. The van der Waals surface area contributed by atoms with Crippen LogP contribution in [0.1, 0.15) is 35.3 Å². The van der Waals surface area contributed by atoms with Gasteiger partial charge in [0.2, 0.25) is 0 Å². The molecule has 0 aliphatic rings. The Morgan fingerprint density at radius 2 is 1.43 bits per heavy atom. The van der Waals surface area contributed by atoms with Crippen molar-refractivity contribution in [2.45, 2.75) is 24.3 Å². The molecule has 0 bridgehead atoms. The number of rotatable bonds is 7. The molecule has 2 N–H and O–H groups in total. The highest BCUT2D eigenvalue weighted by Gasteiger charge is 2.16. The number of benzene rings is 3. The molecule has 3 aromatic rings. The van der Waals surface area contributed by atoms with Crippen LogP contribution < -0.4 is 10.0 Å². The minimum Gasteiger partial charge on any atom is -0.345 e.